The van der Waals surface area contributed by atoms with Crippen LogP contribution in [0.4, 0.5) is 0 Å². The van der Waals surface area contributed by atoms with Crippen molar-refractivity contribution in [2.45, 2.75) is 76.1 Å². The van der Waals surface area contributed by atoms with E-state index in [0.717, 1.165) is 16.8 Å². The molecule has 0 saturated heterocycles. The maximum atomic E-state index is 7.46. The summed E-state index contributed by atoms with van der Waals surface area (Å²) in [5.74, 6) is 0. The van der Waals surface area contributed by atoms with Gasteiger partial charge in [0.2, 0.25) is 22.8 Å². The van der Waals surface area contributed by atoms with E-state index >= 15 is 0 Å². The first-order valence-corrected chi connectivity index (χ1v) is 21.8. The molecular formula is C59H70N4+4. The van der Waals surface area contributed by atoms with Gasteiger partial charge in [-0.3, -0.25) is 0 Å². The molecule has 0 aliphatic rings. The SMILES string of the molecule is Cc1ccc(C)c(-c2c(C)ccc[n+]2C)c1.Cc1ccc(C)c(-c2c(C)ccc[n+]2C)c1.Cc1ccccc1-c1c(C)ccc[n+]1C.[2H]C([2H])([2H])c1ccc(-c2c(C)ccc[n+]2C)c(C)c1. The molecule has 8 aromatic rings. The lowest BCUT2D eigenvalue weighted by Gasteiger charge is -2.07. The van der Waals surface area contributed by atoms with Gasteiger partial charge >= 0.3 is 0 Å². The Morgan fingerprint density at radius 3 is 0.952 bits per heavy atom. The van der Waals surface area contributed by atoms with Crippen molar-refractivity contribution in [3.8, 4) is 45.0 Å². The lowest BCUT2D eigenvalue weighted by molar-refractivity contribution is -0.660. The van der Waals surface area contributed by atoms with E-state index in [-0.39, 0.29) is 0 Å². The van der Waals surface area contributed by atoms with Gasteiger partial charge in [-0.25, -0.2) is 18.3 Å². The van der Waals surface area contributed by atoms with Crippen molar-refractivity contribution < 1.29 is 22.4 Å². The summed E-state index contributed by atoms with van der Waals surface area (Å²) in [6.07, 6.45) is 8.29. The predicted octanol–water partition coefficient (Wildman–Crippen LogP) is 12.1. The van der Waals surface area contributed by atoms with Gasteiger partial charge in [0.05, 0.1) is 0 Å². The van der Waals surface area contributed by atoms with E-state index in [1.54, 1.807) is 12.1 Å². The van der Waals surface area contributed by atoms with Crippen LogP contribution in [0.3, 0.4) is 0 Å². The summed E-state index contributed by atoms with van der Waals surface area (Å²) in [6, 6.07) is 43.9. The average Bonchev–Trinajstić information content (AvgIpc) is 3.24. The van der Waals surface area contributed by atoms with Gasteiger partial charge in [-0.05, 0) is 147 Å². The molecule has 0 amide bonds. The van der Waals surface area contributed by atoms with Crippen LogP contribution in [0.25, 0.3) is 45.0 Å². The second-order valence-electron chi connectivity index (χ2n) is 17.1. The highest BCUT2D eigenvalue weighted by atomic mass is 14.9. The van der Waals surface area contributed by atoms with E-state index in [4.69, 9.17) is 4.11 Å². The van der Waals surface area contributed by atoms with Crippen molar-refractivity contribution >= 4 is 0 Å². The Hall–Kier alpha value is -6.52. The lowest BCUT2D eigenvalue weighted by atomic mass is 9.99. The highest BCUT2D eigenvalue weighted by molar-refractivity contribution is 5.67. The van der Waals surface area contributed by atoms with Crippen LogP contribution in [-0.2, 0) is 28.2 Å². The fraction of sp³-hybridized carbons (Fsp3) is 0.254. The zero-order chi connectivity index (χ0) is 48.5. The van der Waals surface area contributed by atoms with Crippen LogP contribution in [0.5, 0.6) is 0 Å². The quantitative estimate of drug-likeness (QED) is 0.157. The van der Waals surface area contributed by atoms with E-state index in [0.29, 0.717) is 5.56 Å². The minimum Gasteiger partial charge on any atom is -0.201 e. The molecule has 0 N–H and O–H groups in total. The van der Waals surface area contributed by atoms with Crippen LogP contribution >= 0.6 is 0 Å². The first-order valence-electron chi connectivity index (χ1n) is 23.3. The number of nitrogens with zero attached hydrogens (tertiary/aromatic N) is 4. The molecule has 4 aromatic carbocycles. The fourth-order valence-electron chi connectivity index (χ4n) is 8.35. The second-order valence-corrected chi connectivity index (χ2v) is 17.1. The van der Waals surface area contributed by atoms with Crippen molar-refractivity contribution in [1.82, 2.24) is 0 Å². The minimum absolute atomic E-state index is 0.394. The van der Waals surface area contributed by atoms with Crippen molar-refractivity contribution in [3.05, 3.63) is 213 Å². The van der Waals surface area contributed by atoms with E-state index in [9.17, 15) is 0 Å². The lowest BCUT2D eigenvalue weighted by Crippen LogP contribution is -2.31. The van der Waals surface area contributed by atoms with Gasteiger partial charge in [0.25, 0.3) is 0 Å². The van der Waals surface area contributed by atoms with Crippen LogP contribution in [0, 0.1) is 76.1 Å². The maximum Gasteiger partial charge on any atom is 0.215 e. The van der Waals surface area contributed by atoms with Crippen molar-refractivity contribution in [1.29, 1.82) is 0 Å². The minimum atomic E-state index is -2.04. The molecule has 0 bridgehead atoms. The topological polar surface area (TPSA) is 15.5 Å². The van der Waals surface area contributed by atoms with E-state index in [1.807, 2.05) is 32.3 Å². The Labute approximate surface area is 383 Å². The van der Waals surface area contributed by atoms with E-state index in [1.165, 1.54) is 83.8 Å². The molecular weight excluding hydrogens is 765 g/mol. The first-order chi connectivity index (χ1) is 31.2. The van der Waals surface area contributed by atoms with Gasteiger partial charge in [-0.2, -0.15) is 0 Å². The third kappa shape index (κ3) is 11.9. The molecule has 0 spiro atoms. The molecule has 0 unspecified atom stereocenters. The molecule has 4 nitrogen and oxygen atoms in total. The van der Waals surface area contributed by atoms with Crippen LogP contribution < -0.4 is 18.3 Å². The molecule has 4 heteroatoms. The highest BCUT2D eigenvalue weighted by Crippen LogP contribution is 2.27. The third-order valence-electron chi connectivity index (χ3n) is 11.7. The normalized spacial score (nSPS) is 11.4. The Morgan fingerprint density at radius 1 is 0.286 bits per heavy atom. The van der Waals surface area contributed by atoms with E-state index in [2.05, 4.69) is 223 Å². The van der Waals surface area contributed by atoms with Gasteiger partial charge in [-0.1, -0.05) is 71.3 Å². The zero-order valence-electron chi connectivity index (χ0n) is 43.2. The van der Waals surface area contributed by atoms with Gasteiger partial charge in [-0.15, -0.1) is 0 Å². The average molecular weight is 838 g/mol. The summed E-state index contributed by atoms with van der Waals surface area (Å²) in [5, 5.41) is 0. The highest BCUT2D eigenvalue weighted by Gasteiger charge is 2.18. The Morgan fingerprint density at radius 2 is 0.603 bits per heavy atom. The maximum absolute atomic E-state index is 7.46. The van der Waals surface area contributed by atoms with Crippen LogP contribution in [0.15, 0.2) is 152 Å². The number of aryl methyl sites for hydroxylation is 15. The monoisotopic (exact) mass is 838 g/mol. The number of rotatable bonds is 4. The molecule has 63 heavy (non-hydrogen) atoms. The molecule has 0 saturated carbocycles. The number of aromatic nitrogens is 4. The number of hydrogen-bond donors (Lipinski definition) is 0. The van der Waals surface area contributed by atoms with E-state index < -0.39 is 6.85 Å². The summed E-state index contributed by atoms with van der Waals surface area (Å²) in [5.41, 5.74) is 23.2. The molecule has 0 aliphatic heterocycles. The van der Waals surface area contributed by atoms with Crippen LogP contribution in [-0.4, -0.2) is 0 Å². The Bertz CT molecular complexity index is 2780. The number of benzene rings is 4. The van der Waals surface area contributed by atoms with Gasteiger partial charge < -0.3 is 0 Å². The smallest absolute Gasteiger partial charge is 0.201 e. The molecule has 0 fully saturated rings. The molecule has 0 radical (unpaired) electrons. The molecule has 0 aliphatic carbocycles. The molecule has 8 rings (SSSR count). The largest absolute Gasteiger partial charge is 0.215 e. The van der Waals surface area contributed by atoms with Gasteiger partial charge in [0, 0.05) is 72.9 Å². The third-order valence-corrected chi connectivity index (χ3v) is 11.7. The van der Waals surface area contributed by atoms with Crippen molar-refractivity contribution in [3.63, 3.8) is 0 Å². The summed E-state index contributed by atoms with van der Waals surface area (Å²) >= 11 is 0. The van der Waals surface area contributed by atoms with Crippen LogP contribution in [0.1, 0.15) is 65.3 Å². The summed E-state index contributed by atoms with van der Waals surface area (Å²) in [7, 11) is 8.29. The predicted molar refractivity (Wildman–Crippen MR) is 264 cm³/mol. The molecule has 4 heterocycles. The first kappa shape index (κ1) is 43.1. The Balaban J connectivity index is 0.000000166. The fourth-order valence-corrected chi connectivity index (χ4v) is 8.35. The summed E-state index contributed by atoms with van der Waals surface area (Å²) in [6.45, 7) is 19.2. The zero-order valence-corrected chi connectivity index (χ0v) is 40.2. The van der Waals surface area contributed by atoms with Crippen molar-refractivity contribution in [2.75, 3.05) is 0 Å². The van der Waals surface area contributed by atoms with Gasteiger partial charge in [0.1, 0.15) is 28.2 Å². The Kier molecular flexibility index (Phi) is 14.7. The standard InChI is InChI=1S/3C15H18N.C14H16N/c2*1-11-7-8-12(2)14(10-11)15-13(3)6-5-9-16(15)4;1-11-7-8-14(13(3)10-11)15-12(2)6-5-9-16(15)4;1-11-7-4-5-9-13(11)14-12(2)8-6-10-15(14)3/h3*5-10H,1-4H3;4-10H,1-3H3/q4*+1/i;;1D3;. The number of pyridine rings is 4. The molecule has 322 valence electrons. The number of hydrogen-bond acceptors (Lipinski definition) is 0. The molecule has 4 aromatic heterocycles. The van der Waals surface area contributed by atoms with Crippen LogP contribution in [0.2, 0.25) is 0 Å². The summed E-state index contributed by atoms with van der Waals surface area (Å²) in [4.78, 5) is 0. The van der Waals surface area contributed by atoms with Gasteiger partial charge in [0.15, 0.2) is 24.8 Å². The second kappa shape index (κ2) is 21.5. The molecule has 0 atom stereocenters. The summed E-state index contributed by atoms with van der Waals surface area (Å²) < 4.78 is 31.0. The van der Waals surface area contributed by atoms with Crippen molar-refractivity contribution in [2.24, 2.45) is 28.2 Å².